The third-order valence-corrected chi connectivity index (χ3v) is 4.79. The molecule has 1 saturated heterocycles. The van der Waals surface area contributed by atoms with E-state index in [1.54, 1.807) is 29.2 Å². The predicted molar refractivity (Wildman–Crippen MR) is 101 cm³/mol. The standard InChI is InChI=1S/C19H18F3N7O/c20-19(21,22)13-10-23-18(24-11-13)27-14-4-3-9-28(12-14)17(30)15-5-1-2-6-16(15)29-25-7-8-26-29/h1-2,5-8,10-11,14H,3-4,9,12H2,(H,23,24,27)/t14-/m1/s1. The minimum absolute atomic E-state index is 0.100. The number of amides is 1. The van der Waals surface area contributed by atoms with Crippen molar-refractivity contribution in [2.45, 2.75) is 25.1 Å². The van der Waals surface area contributed by atoms with Gasteiger partial charge in [0.15, 0.2) is 0 Å². The Bertz CT molecular complexity index is 1010. The van der Waals surface area contributed by atoms with Gasteiger partial charge in [0.1, 0.15) is 0 Å². The van der Waals surface area contributed by atoms with Gasteiger partial charge in [-0.2, -0.15) is 28.2 Å². The van der Waals surface area contributed by atoms with Crippen molar-refractivity contribution < 1.29 is 18.0 Å². The molecular weight excluding hydrogens is 399 g/mol. The van der Waals surface area contributed by atoms with Gasteiger partial charge in [-0.05, 0) is 25.0 Å². The van der Waals surface area contributed by atoms with Crippen LogP contribution in [0.1, 0.15) is 28.8 Å². The molecule has 1 atom stereocenters. The van der Waals surface area contributed by atoms with Crippen LogP contribution >= 0.6 is 0 Å². The zero-order chi connectivity index (χ0) is 21.1. The number of nitrogens with one attached hydrogen (secondary N) is 1. The fourth-order valence-corrected chi connectivity index (χ4v) is 3.35. The molecule has 3 aromatic rings. The van der Waals surface area contributed by atoms with E-state index in [0.717, 1.165) is 25.2 Å². The molecule has 3 heterocycles. The number of halogens is 3. The number of piperidine rings is 1. The maximum atomic E-state index is 13.1. The molecule has 0 aliphatic carbocycles. The van der Waals surface area contributed by atoms with Crippen LogP contribution in [0.5, 0.6) is 0 Å². The summed E-state index contributed by atoms with van der Waals surface area (Å²) in [6.45, 7) is 0.954. The van der Waals surface area contributed by atoms with Crippen molar-refractivity contribution in [3.8, 4) is 5.69 Å². The highest BCUT2D eigenvalue weighted by molar-refractivity contribution is 5.97. The Morgan fingerprint density at radius 1 is 1.10 bits per heavy atom. The Morgan fingerprint density at radius 3 is 2.50 bits per heavy atom. The second-order valence-electron chi connectivity index (χ2n) is 6.86. The summed E-state index contributed by atoms with van der Waals surface area (Å²) in [4.78, 5) is 23.7. The van der Waals surface area contributed by atoms with Crippen LogP contribution in [0.15, 0.2) is 49.1 Å². The van der Waals surface area contributed by atoms with Gasteiger partial charge in [0.05, 0.1) is 29.2 Å². The lowest BCUT2D eigenvalue weighted by atomic mass is 10.0. The average molecular weight is 417 g/mol. The lowest BCUT2D eigenvalue weighted by molar-refractivity contribution is -0.138. The minimum Gasteiger partial charge on any atom is -0.350 e. The second kappa shape index (κ2) is 8.09. The molecule has 156 valence electrons. The Kier molecular flexibility index (Phi) is 5.34. The normalized spacial score (nSPS) is 17.0. The number of hydrogen-bond donors (Lipinski definition) is 1. The summed E-state index contributed by atoms with van der Waals surface area (Å²) in [5, 5.41) is 11.2. The van der Waals surface area contributed by atoms with Gasteiger partial charge in [-0.15, -0.1) is 0 Å². The zero-order valence-electron chi connectivity index (χ0n) is 15.8. The van der Waals surface area contributed by atoms with Gasteiger partial charge in [0.25, 0.3) is 5.91 Å². The number of anilines is 1. The first-order valence-corrected chi connectivity index (χ1v) is 9.32. The highest BCUT2D eigenvalue weighted by Crippen LogP contribution is 2.28. The van der Waals surface area contributed by atoms with Gasteiger partial charge in [-0.3, -0.25) is 4.79 Å². The number of para-hydroxylation sites is 1. The van der Waals surface area contributed by atoms with E-state index in [-0.39, 0.29) is 17.9 Å². The second-order valence-corrected chi connectivity index (χ2v) is 6.86. The Balaban J connectivity index is 1.46. The summed E-state index contributed by atoms with van der Waals surface area (Å²) < 4.78 is 38.0. The highest BCUT2D eigenvalue weighted by Gasteiger charge is 2.32. The van der Waals surface area contributed by atoms with Crippen molar-refractivity contribution in [3.63, 3.8) is 0 Å². The van der Waals surface area contributed by atoms with Crippen LogP contribution < -0.4 is 5.32 Å². The molecule has 0 bridgehead atoms. The van der Waals surface area contributed by atoms with Crippen molar-refractivity contribution >= 4 is 11.9 Å². The molecular formula is C19H18F3N7O. The fourth-order valence-electron chi connectivity index (χ4n) is 3.35. The molecule has 0 radical (unpaired) electrons. The molecule has 4 rings (SSSR count). The van der Waals surface area contributed by atoms with Gasteiger partial charge in [0.2, 0.25) is 5.95 Å². The number of rotatable bonds is 4. The molecule has 1 fully saturated rings. The molecule has 8 nitrogen and oxygen atoms in total. The van der Waals surface area contributed by atoms with Gasteiger partial charge in [0, 0.05) is 31.5 Å². The van der Waals surface area contributed by atoms with Gasteiger partial charge < -0.3 is 10.2 Å². The fraction of sp³-hybridized carbons (Fsp3) is 0.316. The van der Waals surface area contributed by atoms with Gasteiger partial charge in [-0.1, -0.05) is 12.1 Å². The Hall–Kier alpha value is -3.50. The van der Waals surface area contributed by atoms with E-state index in [4.69, 9.17) is 0 Å². The molecule has 11 heteroatoms. The summed E-state index contributed by atoms with van der Waals surface area (Å²) in [7, 11) is 0. The van der Waals surface area contributed by atoms with Crippen LogP contribution in [0.25, 0.3) is 5.69 Å². The quantitative estimate of drug-likeness (QED) is 0.702. The molecule has 0 saturated carbocycles. The van der Waals surface area contributed by atoms with Gasteiger partial charge >= 0.3 is 6.18 Å². The summed E-state index contributed by atoms with van der Waals surface area (Å²) >= 11 is 0. The van der Waals surface area contributed by atoms with E-state index in [0.29, 0.717) is 24.3 Å². The van der Waals surface area contributed by atoms with E-state index in [2.05, 4.69) is 25.5 Å². The summed E-state index contributed by atoms with van der Waals surface area (Å²) in [5.74, 6) is -0.0637. The first-order chi connectivity index (χ1) is 14.4. The van der Waals surface area contributed by atoms with Crippen LogP contribution in [0.4, 0.5) is 19.1 Å². The molecule has 1 aliphatic rings. The van der Waals surface area contributed by atoms with Crippen LogP contribution in [-0.4, -0.2) is 54.9 Å². The van der Waals surface area contributed by atoms with E-state index in [9.17, 15) is 18.0 Å². The Labute approximate surface area is 169 Å². The molecule has 2 aromatic heterocycles. The monoisotopic (exact) mass is 417 g/mol. The Morgan fingerprint density at radius 2 is 1.80 bits per heavy atom. The van der Waals surface area contributed by atoms with Gasteiger partial charge in [-0.25, -0.2) is 9.97 Å². The third kappa shape index (κ3) is 4.24. The lowest BCUT2D eigenvalue weighted by Gasteiger charge is -2.33. The van der Waals surface area contributed by atoms with E-state index in [1.807, 2.05) is 0 Å². The van der Waals surface area contributed by atoms with E-state index < -0.39 is 11.7 Å². The third-order valence-electron chi connectivity index (χ3n) is 4.79. The van der Waals surface area contributed by atoms with Crippen LogP contribution in [0, 0.1) is 0 Å². The largest absolute Gasteiger partial charge is 0.419 e. The topological polar surface area (TPSA) is 88.8 Å². The lowest BCUT2D eigenvalue weighted by Crippen LogP contribution is -2.45. The first-order valence-electron chi connectivity index (χ1n) is 9.32. The molecule has 0 spiro atoms. The molecule has 0 unspecified atom stereocenters. The minimum atomic E-state index is -4.48. The SMILES string of the molecule is O=C(c1ccccc1-n1nccn1)N1CCC[C@@H](Nc2ncc(C(F)(F)F)cn2)C1. The number of nitrogens with zero attached hydrogens (tertiary/aromatic N) is 6. The number of benzene rings is 1. The smallest absolute Gasteiger partial charge is 0.350 e. The summed E-state index contributed by atoms with van der Waals surface area (Å²) in [5.41, 5.74) is 0.145. The van der Waals surface area contributed by atoms with E-state index in [1.165, 1.54) is 17.2 Å². The highest BCUT2D eigenvalue weighted by atomic mass is 19.4. The zero-order valence-corrected chi connectivity index (χ0v) is 15.8. The maximum absolute atomic E-state index is 13.1. The van der Waals surface area contributed by atoms with Crippen LogP contribution in [0.3, 0.4) is 0 Å². The van der Waals surface area contributed by atoms with Crippen molar-refractivity contribution in [2.75, 3.05) is 18.4 Å². The predicted octanol–water partition coefficient (Wildman–Crippen LogP) is 2.79. The molecule has 1 amide bonds. The maximum Gasteiger partial charge on any atom is 0.419 e. The number of carbonyl (C=O) groups is 1. The molecule has 1 aliphatic heterocycles. The number of aromatic nitrogens is 5. The van der Waals surface area contributed by atoms with Crippen LogP contribution in [-0.2, 0) is 6.18 Å². The van der Waals surface area contributed by atoms with Crippen molar-refractivity contribution in [1.82, 2.24) is 29.9 Å². The molecule has 1 aromatic carbocycles. The van der Waals surface area contributed by atoms with Crippen molar-refractivity contribution in [2.24, 2.45) is 0 Å². The summed E-state index contributed by atoms with van der Waals surface area (Å²) in [6, 6.07) is 6.89. The summed E-state index contributed by atoms with van der Waals surface area (Å²) in [6.07, 6.45) is 1.56. The molecule has 1 N–H and O–H groups in total. The number of likely N-dealkylation sites (tertiary alicyclic amines) is 1. The number of alkyl halides is 3. The number of hydrogen-bond acceptors (Lipinski definition) is 6. The van der Waals surface area contributed by atoms with Crippen LogP contribution in [0.2, 0.25) is 0 Å². The first kappa shape index (κ1) is 19.8. The number of carbonyl (C=O) groups excluding carboxylic acids is 1. The van der Waals surface area contributed by atoms with Crippen molar-refractivity contribution in [1.29, 1.82) is 0 Å². The average Bonchev–Trinajstić information content (AvgIpc) is 3.28. The molecule has 30 heavy (non-hydrogen) atoms. The van der Waals surface area contributed by atoms with E-state index >= 15 is 0 Å². The van der Waals surface area contributed by atoms with Crippen molar-refractivity contribution in [3.05, 3.63) is 60.2 Å².